The van der Waals surface area contributed by atoms with Gasteiger partial charge in [0.2, 0.25) is 5.82 Å². The Morgan fingerprint density at radius 3 is 2.18 bits per heavy atom. The largest absolute Gasteiger partial charge is 0.494 e. The molecule has 144 valence electrons. The zero-order valence-corrected chi connectivity index (χ0v) is 14.9. The minimum absolute atomic E-state index is 0.0513. The summed E-state index contributed by atoms with van der Waals surface area (Å²) >= 11 is 0. The van der Waals surface area contributed by atoms with E-state index in [0.29, 0.717) is 11.3 Å². The zero-order valence-electron chi connectivity index (χ0n) is 14.9. The van der Waals surface area contributed by atoms with E-state index in [1.807, 2.05) is 0 Å². The van der Waals surface area contributed by atoms with Crippen molar-refractivity contribution in [1.82, 2.24) is 0 Å². The molecule has 28 heavy (non-hydrogen) atoms. The fourth-order valence-corrected chi connectivity index (χ4v) is 2.68. The van der Waals surface area contributed by atoms with Gasteiger partial charge in [0.1, 0.15) is 12.4 Å². The van der Waals surface area contributed by atoms with Crippen LogP contribution in [0.25, 0.3) is 17.2 Å². The van der Waals surface area contributed by atoms with Crippen molar-refractivity contribution in [3.8, 4) is 22.6 Å². The average Bonchev–Trinajstić information content (AvgIpc) is 2.72. The Balaban J connectivity index is 1.76. The van der Waals surface area contributed by atoms with Crippen molar-refractivity contribution in [2.75, 3.05) is 7.11 Å². The van der Waals surface area contributed by atoms with Gasteiger partial charge >= 0.3 is 0 Å². The van der Waals surface area contributed by atoms with Gasteiger partial charge in [0.15, 0.2) is 23.2 Å². The second-order valence-electron chi connectivity index (χ2n) is 5.90. The van der Waals surface area contributed by atoms with Gasteiger partial charge in [-0.1, -0.05) is 36.9 Å². The third kappa shape index (κ3) is 3.71. The lowest BCUT2D eigenvalue weighted by Crippen LogP contribution is -2.02. The monoisotopic (exact) mass is 388 g/mol. The molecule has 3 aromatic rings. The predicted octanol–water partition coefficient (Wildman–Crippen LogP) is 6.14. The van der Waals surface area contributed by atoms with Crippen molar-refractivity contribution in [2.24, 2.45) is 0 Å². The third-order valence-electron chi connectivity index (χ3n) is 4.24. The van der Waals surface area contributed by atoms with Crippen LogP contribution in [0.4, 0.5) is 17.6 Å². The number of benzene rings is 3. The van der Waals surface area contributed by atoms with E-state index in [1.165, 1.54) is 61.7 Å². The van der Waals surface area contributed by atoms with Crippen molar-refractivity contribution < 1.29 is 27.0 Å². The van der Waals surface area contributed by atoms with Gasteiger partial charge in [0.05, 0.1) is 7.11 Å². The van der Waals surface area contributed by atoms with Crippen LogP contribution in [0.3, 0.4) is 0 Å². The Labute approximate surface area is 159 Å². The van der Waals surface area contributed by atoms with Crippen molar-refractivity contribution in [2.45, 2.75) is 6.61 Å². The molecule has 0 aliphatic heterocycles. The van der Waals surface area contributed by atoms with Crippen LogP contribution in [0, 0.1) is 23.3 Å². The number of methoxy groups -OCH3 is 1. The third-order valence-corrected chi connectivity index (χ3v) is 4.24. The van der Waals surface area contributed by atoms with Crippen molar-refractivity contribution in [3.63, 3.8) is 0 Å². The van der Waals surface area contributed by atoms with E-state index < -0.39 is 23.3 Å². The Morgan fingerprint density at radius 1 is 0.821 bits per heavy atom. The Morgan fingerprint density at radius 2 is 1.54 bits per heavy atom. The van der Waals surface area contributed by atoms with Crippen LogP contribution in [-0.2, 0) is 6.61 Å². The van der Waals surface area contributed by atoms with E-state index in [-0.39, 0.29) is 29.0 Å². The fourth-order valence-electron chi connectivity index (χ4n) is 2.68. The quantitative estimate of drug-likeness (QED) is 0.472. The lowest BCUT2D eigenvalue weighted by Gasteiger charge is -2.11. The molecule has 0 aliphatic rings. The van der Waals surface area contributed by atoms with Crippen LogP contribution in [0.5, 0.6) is 11.5 Å². The van der Waals surface area contributed by atoms with E-state index in [9.17, 15) is 17.6 Å². The fraction of sp³-hybridized carbons (Fsp3) is 0.0909. The predicted molar refractivity (Wildman–Crippen MR) is 99.1 cm³/mol. The molecule has 0 spiro atoms. The number of hydrogen-bond acceptors (Lipinski definition) is 2. The van der Waals surface area contributed by atoms with Crippen LogP contribution < -0.4 is 9.47 Å². The van der Waals surface area contributed by atoms with Crippen LogP contribution in [0.2, 0.25) is 0 Å². The summed E-state index contributed by atoms with van der Waals surface area (Å²) in [6.45, 7) is 3.23. The number of hydrogen-bond donors (Lipinski definition) is 0. The lowest BCUT2D eigenvalue weighted by atomic mass is 10.0. The number of ether oxygens (including phenoxy) is 2. The molecule has 0 radical (unpaired) electrons. The molecule has 0 aliphatic carbocycles. The average molecular weight is 388 g/mol. The van der Waals surface area contributed by atoms with Crippen LogP contribution >= 0.6 is 0 Å². The van der Waals surface area contributed by atoms with Gasteiger partial charge in [0.25, 0.3) is 0 Å². The van der Waals surface area contributed by atoms with Gasteiger partial charge in [-0.2, -0.15) is 4.39 Å². The number of rotatable bonds is 6. The molecular formula is C22H16F4O2. The highest BCUT2D eigenvalue weighted by Gasteiger charge is 2.15. The molecule has 0 heterocycles. The van der Waals surface area contributed by atoms with Crippen molar-refractivity contribution in [1.29, 1.82) is 0 Å². The normalized spacial score (nSPS) is 10.6. The highest BCUT2D eigenvalue weighted by molar-refractivity contribution is 5.66. The molecule has 6 heteroatoms. The van der Waals surface area contributed by atoms with Crippen LogP contribution in [0.1, 0.15) is 11.1 Å². The summed E-state index contributed by atoms with van der Waals surface area (Å²) in [6.07, 6.45) is 1.23. The molecule has 0 saturated heterocycles. The van der Waals surface area contributed by atoms with E-state index in [0.717, 1.165) is 0 Å². The molecule has 0 fully saturated rings. The second kappa shape index (κ2) is 8.17. The van der Waals surface area contributed by atoms with Crippen molar-refractivity contribution in [3.05, 3.63) is 89.5 Å². The smallest absolute Gasteiger partial charge is 0.201 e. The minimum atomic E-state index is -1.07. The van der Waals surface area contributed by atoms with E-state index in [2.05, 4.69) is 6.58 Å². The topological polar surface area (TPSA) is 18.5 Å². The highest BCUT2D eigenvalue weighted by atomic mass is 19.2. The summed E-state index contributed by atoms with van der Waals surface area (Å²) in [5.74, 6) is -3.88. The van der Waals surface area contributed by atoms with Gasteiger partial charge in [-0.25, -0.2) is 13.2 Å². The first kappa shape index (κ1) is 19.5. The summed E-state index contributed by atoms with van der Waals surface area (Å²) in [6, 6.07) is 11.7. The molecule has 0 atom stereocenters. The first-order valence-corrected chi connectivity index (χ1v) is 8.30. The first-order valence-electron chi connectivity index (χ1n) is 8.30. The Bertz CT molecular complexity index is 1010. The summed E-state index contributed by atoms with van der Waals surface area (Å²) in [7, 11) is 1.25. The summed E-state index contributed by atoms with van der Waals surface area (Å²) in [5.41, 5.74) is 0.617. The van der Waals surface area contributed by atoms with Gasteiger partial charge in [-0.15, -0.1) is 0 Å². The standard InChI is InChI=1S/C22H16F4O2/c1-3-13-4-5-15(20(24)19(13)23)12-28-16-8-6-14(7-9-16)17-10-11-18(27-2)22(26)21(17)25/h3-11H,1,12H2,2H3. The zero-order chi connectivity index (χ0) is 20.3. The van der Waals surface area contributed by atoms with E-state index in [4.69, 9.17) is 9.47 Å². The maximum absolute atomic E-state index is 14.2. The molecule has 0 bridgehead atoms. The molecule has 0 saturated carbocycles. The maximum atomic E-state index is 14.2. The molecule has 3 rings (SSSR count). The molecule has 0 aromatic heterocycles. The molecule has 0 unspecified atom stereocenters. The maximum Gasteiger partial charge on any atom is 0.201 e. The lowest BCUT2D eigenvalue weighted by molar-refractivity contribution is 0.297. The summed E-state index contributed by atoms with van der Waals surface area (Å²) in [4.78, 5) is 0. The Kier molecular flexibility index (Phi) is 5.68. The van der Waals surface area contributed by atoms with Crippen LogP contribution in [0.15, 0.2) is 55.1 Å². The molecule has 0 amide bonds. The van der Waals surface area contributed by atoms with Crippen molar-refractivity contribution >= 4 is 6.08 Å². The van der Waals surface area contributed by atoms with Gasteiger partial charge < -0.3 is 9.47 Å². The Hall–Kier alpha value is -3.28. The molecular weight excluding hydrogens is 372 g/mol. The number of halogens is 4. The summed E-state index contributed by atoms with van der Waals surface area (Å²) < 4.78 is 66.0. The first-order chi connectivity index (χ1) is 13.5. The van der Waals surface area contributed by atoms with Gasteiger partial charge in [0, 0.05) is 16.7 Å². The minimum Gasteiger partial charge on any atom is -0.494 e. The van der Waals surface area contributed by atoms with E-state index >= 15 is 0 Å². The van der Waals surface area contributed by atoms with E-state index in [1.54, 1.807) is 0 Å². The summed E-state index contributed by atoms with van der Waals surface area (Å²) in [5, 5.41) is 0. The van der Waals surface area contributed by atoms with Crippen LogP contribution in [-0.4, -0.2) is 7.11 Å². The molecule has 3 aromatic carbocycles. The molecule has 0 N–H and O–H groups in total. The van der Waals surface area contributed by atoms with Gasteiger partial charge in [-0.3, -0.25) is 0 Å². The second-order valence-corrected chi connectivity index (χ2v) is 5.90. The SMILES string of the molecule is C=Cc1ccc(COc2ccc(-c3ccc(OC)c(F)c3F)cc2)c(F)c1F. The highest BCUT2D eigenvalue weighted by Crippen LogP contribution is 2.31. The molecule has 2 nitrogen and oxygen atoms in total. The van der Waals surface area contributed by atoms with Gasteiger partial charge in [-0.05, 0) is 29.8 Å².